The molecule has 5 heteroatoms. The molecule has 22 heavy (non-hydrogen) atoms. The molecule has 1 aromatic carbocycles. The molecule has 0 aliphatic carbocycles. The smallest absolute Gasteiger partial charge is 0.243 e. The van der Waals surface area contributed by atoms with Crippen molar-refractivity contribution < 1.29 is 4.42 Å². The van der Waals surface area contributed by atoms with E-state index in [2.05, 4.69) is 47.3 Å². The molecule has 2 aromatic heterocycles. The molecule has 0 saturated heterocycles. The summed E-state index contributed by atoms with van der Waals surface area (Å²) in [7, 11) is 0. The lowest BCUT2D eigenvalue weighted by Gasteiger charge is -2.07. The molecule has 0 amide bonds. The number of fused-ring (bicyclic) bond motifs is 1. The van der Waals surface area contributed by atoms with Gasteiger partial charge in [0, 0.05) is 10.9 Å². The summed E-state index contributed by atoms with van der Waals surface area (Å²) in [5, 5.41) is 12.7. The SMILES string of the molecule is CCc1nnc(NCc2oc3ccccc3c2C)nc1CC. The Labute approximate surface area is 129 Å². The van der Waals surface area contributed by atoms with Crippen LogP contribution in [0.5, 0.6) is 0 Å². The molecule has 0 spiro atoms. The largest absolute Gasteiger partial charge is 0.459 e. The highest BCUT2D eigenvalue weighted by Crippen LogP contribution is 2.25. The molecule has 0 unspecified atom stereocenters. The fourth-order valence-corrected chi connectivity index (χ4v) is 2.57. The lowest BCUT2D eigenvalue weighted by Crippen LogP contribution is -2.09. The van der Waals surface area contributed by atoms with Crippen LogP contribution >= 0.6 is 0 Å². The van der Waals surface area contributed by atoms with Crippen LogP contribution < -0.4 is 5.32 Å². The molecule has 0 bridgehead atoms. The zero-order valence-corrected chi connectivity index (χ0v) is 13.2. The topological polar surface area (TPSA) is 63.8 Å². The Morgan fingerprint density at radius 1 is 1.05 bits per heavy atom. The molecule has 0 fully saturated rings. The number of furan rings is 1. The Hall–Kier alpha value is -2.43. The maximum Gasteiger partial charge on any atom is 0.243 e. The molecule has 3 aromatic rings. The van der Waals surface area contributed by atoms with E-state index < -0.39 is 0 Å². The number of hydrogen-bond donors (Lipinski definition) is 1. The number of para-hydroxylation sites is 1. The van der Waals surface area contributed by atoms with Crippen LogP contribution in [0.3, 0.4) is 0 Å². The number of aromatic nitrogens is 3. The summed E-state index contributed by atoms with van der Waals surface area (Å²) in [6.45, 7) is 6.77. The van der Waals surface area contributed by atoms with Crippen LogP contribution in [0, 0.1) is 6.92 Å². The summed E-state index contributed by atoms with van der Waals surface area (Å²) in [5.41, 5.74) is 4.03. The van der Waals surface area contributed by atoms with Crippen molar-refractivity contribution in [2.24, 2.45) is 0 Å². The van der Waals surface area contributed by atoms with Gasteiger partial charge >= 0.3 is 0 Å². The van der Waals surface area contributed by atoms with Gasteiger partial charge in [-0.05, 0) is 25.8 Å². The first-order chi connectivity index (χ1) is 10.7. The van der Waals surface area contributed by atoms with Gasteiger partial charge in [-0.25, -0.2) is 4.98 Å². The molecule has 0 atom stereocenters. The molecular weight excluding hydrogens is 276 g/mol. The molecule has 3 rings (SSSR count). The van der Waals surface area contributed by atoms with Crippen LogP contribution in [-0.2, 0) is 19.4 Å². The predicted octanol–water partition coefficient (Wildman–Crippen LogP) is 3.66. The molecular formula is C17H20N4O. The number of nitrogens with one attached hydrogen (secondary N) is 1. The molecule has 0 aliphatic heterocycles. The van der Waals surface area contributed by atoms with E-state index in [9.17, 15) is 0 Å². The zero-order chi connectivity index (χ0) is 15.5. The van der Waals surface area contributed by atoms with Crippen LogP contribution in [0.15, 0.2) is 28.7 Å². The quantitative estimate of drug-likeness (QED) is 0.778. The van der Waals surface area contributed by atoms with Crippen molar-refractivity contribution in [2.45, 2.75) is 40.2 Å². The van der Waals surface area contributed by atoms with Crippen molar-refractivity contribution in [3.63, 3.8) is 0 Å². The van der Waals surface area contributed by atoms with Gasteiger partial charge in [0.1, 0.15) is 11.3 Å². The van der Waals surface area contributed by atoms with Crippen molar-refractivity contribution >= 4 is 16.9 Å². The lowest BCUT2D eigenvalue weighted by molar-refractivity contribution is 0.554. The first-order valence-corrected chi connectivity index (χ1v) is 7.66. The minimum Gasteiger partial charge on any atom is -0.459 e. The van der Waals surface area contributed by atoms with Gasteiger partial charge in [-0.3, -0.25) is 0 Å². The molecule has 2 heterocycles. The van der Waals surface area contributed by atoms with Crippen molar-refractivity contribution in [2.75, 3.05) is 5.32 Å². The summed E-state index contributed by atoms with van der Waals surface area (Å²) >= 11 is 0. The van der Waals surface area contributed by atoms with Gasteiger partial charge in [-0.15, -0.1) is 5.10 Å². The third kappa shape index (κ3) is 2.66. The second-order valence-corrected chi connectivity index (χ2v) is 5.24. The maximum atomic E-state index is 5.88. The van der Waals surface area contributed by atoms with Crippen LogP contribution in [0.1, 0.15) is 36.6 Å². The third-order valence-electron chi connectivity index (χ3n) is 3.86. The van der Waals surface area contributed by atoms with Crippen molar-refractivity contribution in [3.8, 4) is 0 Å². The number of rotatable bonds is 5. The Morgan fingerprint density at radius 3 is 2.55 bits per heavy atom. The van der Waals surface area contributed by atoms with Gasteiger partial charge < -0.3 is 9.73 Å². The fourth-order valence-electron chi connectivity index (χ4n) is 2.57. The Morgan fingerprint density at radius 2 is 1.82 bits per heavy atom. The number of anilines is 1. The van der Waals surface area contributed by atoms with E-state index in [4.69, 9.17) is 4.42 Å². The highest BCUT2D eigenvalue weighted by molar-refractivity contribution is 5.81. The van der Waals surface area contributed by atoms with Gasteiger partial charge in [0.2, 0.25) is 5.95 Å². The maximum absolute atomic E-state index is 5.88. The van der Waals surface area contributed by atoms with E-state index in [1.54, 1.807) is 0 Å². The fraction of sp³-hybridized carbons (Fsp3) is 0.353. The second-order valence-electron chi connectivity index (χ2n) is 5.24. The van der Waals surface area contributed by atoms with Crippen LogP contribution in [-0.4, -0.2) is 15.2 Å². The summed E-state index contributed by atoms with van der Waals surface area (Å²) in [6.07, 6.45) is 1.71. The molecule has 0 saturated carbocycles. The number of hydrogen-bond acceptors (Lipinski definition) is 5. The van der Waals surface area contributed by atoms with E-state index in [1.807, 2.05) is 18.2 Å². The van der Waals surface area contributed by atoms with E-state index in [0.717, 1.165) is 46.5 Å². The first kappa shape index (κ1) is 14.5. The van der Waals surface area contributed by atoms with E-state index >= 15 is 0 Å². The van der Waals surface area contributed by atoms with Gasteiger partial charge in [0.05, 0.1) is 17.9 Å². The van der Waals surface area contributed by atoms with E-state index in [1.165, 1.54) is 0 Å². The number of aryl methyl sites for hydroxylation is 3. The van der Waals surface area contributed by atoms with Crippen LogP contribution in [0.2, 0.25) is 0 Å². The van der Waals surface area contributed by atoms with Gasteiger partial charge in [-0.1, -0.05) is 32.0 Å². The predicted molar refractivity (Wildman–Crippen MR) is 86.9 cm³/mol. The molecule has 0 radical (unpaired) electrons. The summed E-state index contributed by atoms with van der Waals surface area (Å²) in [4.78, 5) is 4.53. The Balaban J connectivity index is 1.80. The number of benzene rings is 1. The van der Waals surface area contributed by atoms with E-state index in [-0.39, 0.29) is 0 Å². The second kappa shape index (κ2) is 6.13. The molecule has 114 valence electrons. The number of nitrogens with zero attached hydrogens (tertiary/aromatic N) is 3. The average molecular weight is 296 g/mol. The molecule has 1 N–H and O–H groups in total. The first-order valence-electron chi connectivity index (χ1n) is 7.66. The summed E-state index contributed by atoms with van der Waals surface area (Å²) in [6, 6.07) is 8.05. The Kier molecular flexibility index (Phi) is 4.04. The standard InChI is InChI=1S/C17H20N4O/c1-4-13-14(5-2)20-21-17(19-13)18-10-16-11(3)12-8-6-7-9-15(12)22-16/h6-9H,4-5,10H2,1-3H3,(H,18,19,21). The van der Waals surface area contributed by atoms with Crippen molar-refractivity contribution in [1.29, 1.82) is 0 Å². The summed E-state index contributed by atoms with van der Waals surface area (Å²) < 4.78 is 5.88. The summed E-state index contributed by atoms with van der Waals surface area (Å²) in [5.74, 6) is 1.45. The van der Waals surface area contributed by atoms with Gasteiger partial charge in [0.25, 0.3) is 0 Å². The van der Waals surface area contributed by atoms with Crippen LogP contribution in [0.25, 0.3) is 11.0 Å². The van der Waals surface area contributed by atoms with E-state index in [0.29, 0.717) is 12.5 Å². The molecule has 0 aliphatic rings. The average Bonchev–Trinajstić information content (AvgIpc) is 2.89. The highest BCUT2D eigenvalue weighted by atomic mass is 16.3. The van der Waals surface area contributed by atoms with Gasteiger partial charge in [-0.2, -0.15) is 5.10 Å². The van der Waals surface area contributed by atoms with Gasteiger partial charge in [0.15, 0.2) is 0 Å². The minimum absolute atomic E-state index is 0.550. The third-order valence-corrected chi connectivity index (χ3v) is 3.86. The molecule has 5 nitrogen and oxygen atoms in total. The highest BCUT2D eigenvalue weighted by Gasteiger charge is 2.11. The van der Waals surface area contributed by atoms with Crippen LogP contribution in [0.4, 0.5) is 5.95 Å². The minimum atomic E-state index is 0.550. The van der Waals surface area contributed by atoms with Crippen molar-refractivity contribution in [1.82, 2.24) is 15.2 Å². The zero-order valence-electron chi connectivity index (χ0n) is 13.2. The lowest BCUT2D eigenvalue weighted by atomic mass is 10.1. The monoisotopic (exact) mass is 296 g/mol. The normalized spacial score (nSPS) is 11.0. The Bertz CT molecular complexity index is 794. The van der Waals surface area contributed by atoms with Crippen molar-refractivity contribution in [3.05, 3.63) is 47.0 Å².